The molecule has 5 aliphatic rings. The van der Waals surface area contributed by atoms with Gasteiger partial charge in [0.05, 0.1) is 23.9 Å². The molecule has 14 heteroatoms. The van der Waals surface area contributed by atoms with Crippen LogP contribution >= 0.6 is 0 Å². The molecule has 13 nitrogen and oxygen atoms in total. The minimum atomic E-state index is -3.90. The van der Waals surface area contributed by atoms with E-state index in [2.05, 4.69) is 54.0 Å². The normalized spacial score (nSPS) is 28.4. The van der Waals surface area contributed by atoms with Gasteiger partial charge < -0.3 is 25.0 Å². The fraction of sp³-hybridized carbons (Fsp3) is 0.558. The van der Waals surface area contributed by atoms with Gasteiger partial charge in [0.2, 0.25) is 27.7 Å². The number of alkyl carbamates (subject to hydrolysis) is 1. The second-order valence-electron chi connectivity index (χ2n) is 17.6. The van der Waals surface area contributed by atoms with Gasteiger partial charge in [-0.1, -0.05) is 69.5 Å². The molecule has 3 saturated carbocycles. The maximum Gasteiger partial charge on any atom is 0.407 e. The first-order valence-electron chi connectivity index (χ1n) is 20.5. The van der Waals surface area contributed by atoms with Gasteiger partial charge in [0.25, 0.3) is 5.91 Å². The summed E-state index contributed by atoms with van der Waals surface area (Å²) in [7, 11) is -3.90. The van der Waals surface area contributed by atoms with Crippen LogP contribution in [0.15, 0.2) is 55.1 Å². The standard InChI is InChI=1S/C43H53N5O8S/c1-4-28-23-43(28,40(51)47-57(53,54)30-17-18-30)46-37(49)35-22-29-24-48(35)39(50)36(27-12-6-5-7-13-27)45-41(52)55-25-42(2,3)20-10-11-26-16-19-31-32-14-8-9-15-34(32)44-38(56-29)33(31)21-26/h4,8-9,14-16,19,21,27-30,35-36H,1,5-7,10-13,17-18,20,22-25H2,2-3H3,(H,45,52)(H,46,49)(H,47,51)/t28-,29+,35-,36-,43+/m0/s1. The van der Waals surface area contributed by atoms with Gasteiger partial charge >= 0.3 is 6.09 Å². The van der Waals surface area contributed by atoms with Crippen molar-refractivity contribution in [2.24, 2.45) is 17.3 Å². The Labute approximate surface area is 333 Å². The van der Waals surface area contributed by atoms with Gasteiger partial charge in [-0.2, -0.15) is 0 Å². The number of nitrogens with zero attached hydrogens (tertiary/aromatic N) is 2. The third-order valence-electron chi connectivity index (χ3n) is 12.7. The summed E-state index contributed by atoms with van der Waals surface area (Å²) in [6.45, 7) is 8.12. The Kier molecular flexibility index (Phi) is 10.4. The molecule has 3 N–H and O–H groups in total. The highest BCUT2D eigenvalue weighted by Crippen LogP contribution is 2.46. The number of carbonyl (C=O) groups excluding carboxylic acids is 4. The molecular weight excluding hydrogens is 747 g/mol. The Bertz CT molecular complexity index is 2220. The molecule has 3 aromatic rings. The van der Waals surface area contributed by atoms with Crippen LogP contribution in [0, 0.1) is 17.3 Å². The van der Waals surface area contributed by atoms with Crippen LogP contribution in [0.5, 0.6) is 5.88 Å². The van der Waals surface area contributed by atoms with Crippen molar-refractivity contribution in [3.05, 3.63) is 60.7 Å². The number of rotatable bonds is 7. The largest absolute Gasteiger partial charge is 0.472 e. The highest BCUT2D eigenvalue weighted by Gasteiger charge is 2.62. The average molecular weight is 800 g/mol. The topological polar surface area (TPSA) is 173 Å². The van der Waals surface area contributed by atoms with Crippen molar-refractivity contribution in [1.82, 2.24) is 25.2 Å². The number of amides is 4. The number of cyclic esters (lactones) is 1. The molecule has 0 radical (unpaired) electrons. The minimum Gasteiger partial charge on any atom is -0.472 e. The number of pyridine rings is 1. The number of hydrogen-bond acceptors (Lipinski definition) is 9. The maximum atomic E-state index is 14.9. The van der Waals surface area contributed by atoms with E-state index in [0.29, 0.717) is 18.7 Å². The number of aryl methyl sites for hydroxylation is 1. The molecule has 57 heavy (non-hydrogen) atoms. The fourth-order valence-corrected chi connectivity index (χ4v) is 10.4. The van der Waals surface area contributed by atoms with Crippen molar-refractivity contribution >= 4 is 55.5 Å². The van der Waals surface area contributed by atoms with Crippen LogP contribution < -0.4 is 20.1 Å². The van der Waals surface area contributed by atoms with Crippen molar-refractivity contribution in [3.8, 4) is 5.88 Å². The first kappa shape index (κ1) is 39.1. The van der Waals surface area contributed by atoms with E-state index < -0.39 is 68.7 Å². The zero-order valence-corrected chi connectivity index (χ0v) is 33.6. The Balaban J connectivity index is 1.16. The van der Waals surface area contributed by atoms with Gasteiger partial charge in [0.15, 0.2) is 0 Å². The Morgan fingerprint density at radius 3 is 2.51 bits per heavy atom. The lowest BCUT2D eigenvalue weighted by atomic mass is 9.83. The van der Waals surface area contributed by atoms with E-state index in [4.69, 9.17) is 14.5 Å². The summed E-state index contributed by atoms with van der Waals surface area (Å²) in [5.41, 5.74) is -0.0157. The Morgan fingerprint density at radius 2 is 1.77 bits per heavy atom. The molecule has 0 unspecified atom stereocenters. The number of para-hydroxylation sites is 1. The molecular formula is C43H53N5O8S. The molecule has 3 heterocycles. The number of carbonyl (C=O) groups is 4. The summed E-state index contributed by atoms with van der Waals surface area (Å²) >= 11 is 0. The molecule has 5 atom stereocenters. The molecule has 2 aromatic carbocycles. The number of benzene rings is 2. The lowest BCUT2D eigenvalue weighted by Crippen LogP contribution is -2.59. The van der Waals surface area contributed by atoms with E-state index in [1.165, 1.54) is 11.0 Å². The van der Waals surface area contributed by atoms with E-state index in [1.54, 1.807) is 0 Å². The molecule has 0 spiro atoms. The third-order valence-corrected chi connectivity index (χ3v) is 14.5. The second kappa shape index (κ2) is 15.2. The van der Waals surface area contributed by atoms with Crippen LogP contribution in [-0.4, -0.2) is 84.2 Å². The number of aromatic nitrogens is 1. The SMILES string of the molecule is C=C[C@H]1C[C@]1(NC(=O)[C@@H]1C[C@@H]2CN1C(=O)[C@H](C1CCCCC1)NC(=O)OCC(C)(C)CCCc1ccc3c(c1)c(nc1ccccc13)O2)C(=O)NS(=O)(=O)C1CC1. The summed E-state index contributed by atoms with van der Waals surface area (Å²) in [6.07, 6.45) is 8.07. The van der Waals surface area contributed by atoms with Crippen LogP contribution in [0.1, 0.15) is 90.0 Å². The molecule has 4 fully saturated rings. The van der Waals surface area contributed by atoms with E-state index in [0.717, 1.165) is 78.6 Å². The first-order chi connectivity index (χ1) is 27.3. The zero-order valence-electron chi connectivity index (χ0n) is 32.8. The van der Waals surface area contributed by atoms with Crippen molar-refractivity contribution in [3.63, 3.8) is 0 Å². The Morgan fingerprint density at radius 1 is 1.00 bits per heavy atom. The van der Waals surface area contributed by atoms with Gasteiger partial charge in [-0.3, -0.25) is 19.1 Å². The fourth-order valence-electron chi connectivity index (χ4n) is 9.07. The quantitative estimate of drug-likeness (QED) is 0.208. The van der Waals surface area contributed by atoms with Crippen molar-refractivity contribution < 1.29 is 37.1 Å². The molecule has 3 aliphatic carbocycles. The molecule has 304 valence electrons. The smallest absolute Gasteiger partial charge is 0.407 e. The van der Waals surface area contributed by atoms with Crippen LogP contribution in [0.4, 0.5) is 4.79 Å². The van der Waals surface area contributed by atoms with Gasteiger partial charge in [-0.15, -0.1) is 6.58 Å². The predicted molar refractivity (Wildman–Crippen MR) is 215 cm³/mol. The van der Waals surface area contributed by atoms with Crippen molar-refractivity contribution in [2.45, 2.75) is 120 Å². The predicted octanol–water partition coefficient (Wildman–Crippen LogP) is 5.44. The summed E-state index contributed by atoms with van der Waals surface area (Å²) in [4.78, 5) is 63.1. The van der Waals surface area contributed by atoms with Crippen molar-refractivity contribution in [2.75, 3.05) is 13.2 Å². The second-order valence-corrected chi connectivity index (χ2v) is 19.6. The zero-order chi connectivity index (χ0) is 40.1. The Hall–Kier alpha value is -4.72. The number of nitrogens with one attached hydrogen (secondary N) is 3. The number of ether oxygens (including phenoxy) is 2. The summed E-state index contributed by atoms with van der Waals surface area (Å²) in [5.74, 6) is -2.16. The molecule has 8 rings (SSSR count). The highest BCUT2D eigenvalue weighted by atomic mass is 32.2. The van der Waals surface area contributed by atoms with Crippen LogP contribution in [0.2, 0.25) is 0 Å². The highest BCUT2D eigenvalue weighted by molar-refractivity contribution is 7.91. The number of fused-ring (bicyclic) bond motifs is 5. The summed E-state index contributed by atoms with van der Waals surface area (Å²) < 4.78 is 40.4. The lowest BCUT2D eigenvalue weighted by Gasteiger charge is -2.35. The van der Waals surface area contributed by atoms with E-state index in [1.807, 2.05) is 24.3 Å². The molecule has 4 amide bonds. The van der Waals surface area contributed by atoms with Gasteiger partial charge in [0.1, 0.15) is 23.7 Å². The van der Waals surface area contributed by atoms with Gasteiger partial charge in [0, 0.05) is 23.1 Å². The maximum absolute atomic E-state index is 14.9. The van der Waals surface area contributed by atoms with Gasteiger partial charge in [-0.25, -0.2) is 18.2 Å². The molecule has 4 bridgehead atoms. The number of hydrogen-bond donors (Lipinski definition) is 3. The summed E-state index contributed by atoms with van der Waals surface area (Å²) in [5, 5.41) is 7.93. The third kappa shape index (κ3) is 8.06. The van der Waals surface area contributed by atoms with E-state index in [-0.39, 0.29) is 37.3 Å². The lowest BCUT2D eigenvalue weighted by molar-refractivity contribution is -0.142. The van der Waals surface area contributed by atoms with Crippen molar-refractivity contribution in [1.29, 1.82) is 0 Å². The molecule has 2 aliphatic heterocycles. The van der Waals surface area contributed by atoms with Crippen LogP contribution in [0.25, 0.3) is 21.7 Å². The monoisotopic (exact) mass is 799 g/mol. The molecule has 1 saturated heterocycles. The molecule has 1 aromatic heterocycles. The van der Waals surface area contributed by atoms with Crippen LogP contribution in [0.3, 0.4) is 0 Å². The first-order valence-corrected chi connectivity index (χ1v) is 22.0. The minimum absolute atomic E-state index is 0.0136. The van der Waals surface area contributed by atoms with Gasteiger partial charge in [-0.05, 0) is 85.8 Å². The average Bonchev–Trinajstić information content (AvgIpc) is 4.13. The van der Waals surface area contributed by atoms with E-state index >= 15 is 0 Å². The van der Waals surface area contributed by atoms with Crippen LogP contribution in [-0.2, 0) is 35.6 Å². The summed E-state index contributed by atoms with van der Waals surface area (Å²) in [6, 6.07) is 12.1. The number of sulfonamides is 1. The van der Waals surface area contributed by atoms with E-state index in [9.17, 15) is 27.6 Å².